The van der Waals surface area contributed by atoms with Crippen molar-refractivity contribution in [3.63, 3.8) is 0 Å². The van der Waals surface area contributed by atoms with Gasteiger partial charge >= 0.3 is 5.69 Å². The Morgan fingerprint density at radius 3 is 2.86 bits per heavy atom. The number of nitrogens with one attached hydrogen (secondary N) is 1. The summed E-state index contributed by atoms with van der Waals surface area (Å²) in [5.41, 5.74) is 5.68. The van der Waals surface area contributed by atoms with Crippen molar-refractivity contribution in [1.82, 2.24) is 14.8 Å². The molecule has 0 saturated carbocycles. The van der Waals surface area contributed by atoms with Crippen molar-refractivity contribution in [1.29, 1.82) is 0 Å². The first-order valence-electron chi connectivity index (χ1n) is 5.11. The van der Waals surface area contributed by atoms with Crippen molar-refractivity contribution in [2.45, 2.75) is 45.7 Å². The van der Waals surface area contributed by atoms with Crippen LogP contribution >= 0.6 is 0 Å². The second-order valence-electron chi connectivity index (χ2n) is 3.41. The van der Waals surface area contributed by atoms with Gasteiger partial charge in [-0.2, -0.15) is 5.10 Å². The van der Waals surface area contributed by atoms with Crippen LogP contribution in [0.4, 0.5) is 0 Å². The quantitative estimate of drug-likeness (QED) is 0.734. The molecule has 3 N–H and O–H groups in total. The Labute approximate surface area is 83.3 Å². The highest BCUT2D eigenvalue weighted by Gasteiger charge is 2.13. The van der Waals surface area contributed by atoms with Crippen LogP contribution < -0.4 is 11.4 Å². The number of hydrogen-bond acceptors (Lipinski definition) is 3. The molecule has 0 amide bonds. The van der Waals surface area contributed by atoms with E-state index in [0.29, 0.717) is 12.4 Å². The van der Waals surface area contributed by atoms with E-state index in [9.17, 15) is 4.79 Å². The number of aromatic nitrogens is 3. The Hall–Kier alpha value is -1.10. The zero-order chi connectivity index (χ0) is 10.6. The zero-order valence-electron chi connectivity index (χ0n) is 8.79. The zero-order valence-corrected chi connectivity index (χ0v) is 8.79. The third kappa shape index (κ3) is 2.23. The number of rotatable bonds is 5. The molecule has 0 saturated heterocycles. The fourth-order valence-electron chi connectivity index (χ4n) is 1.33. The fraction of sp³-hybridized carbons (Fsp3) is 0.778. The van der Waals surface area contributed by atoms with Crippen molar-refractivity contribution < 1.29 is 0 Å². The van der Waals surface area contributed by atoms with Gasteiger partial charge < -0.3 is 5.73 Å². The molecule has 0 bridgehead atoms. The van der Waals surface area contributed by atoms with E-state index in [2.05, 4.69) is 17.1 Å². The van der Waals surface area contributed by atoms with Crippen LogP contribution in [0.2, 0.25) is 0 Å². The lowest BCUT2D eigenvalue weighted by Crippen LogP contribution is -2.23. The van der Waals surface area contributed by atoms with Crippen LogP contribution in [0.15, 0.2) is 4.79 Å². The molecule has 1 aromatic rings. The molecule has 1 unspecified atom stereocenters. The molecular weight excluding hydrogens is 180 g/mol. The summed E-state index contributed by atoms with van der Waals surface area (Å²) in [6.45, 7) is 4.77. The van der Waals surface area contributed by atoms with E-state index in [1.54, 1.807) is 4.57 Å². The Bertz CT molecular complexity index is 328. The summed E-state index contributed by atoms with van der Waals surface area (Å²) >= 11 is 0. The fourth-order valence-corrected chi connectivity index (χ4v) is 1.33. The van der Waals surface area contributed by atoms with Gasteiger partial charge in [0.05, 0.1) is 6.04 Å². The lowest BCUT2D eigenvalue weighted by Gasteiger charge is -2.09. The summed E-state index contributed by atoms with van der Waals surface area (Å²) in [7, 11) is 0. The lowest BCUT2D eigenvalue weighted by atomic mass is 10.2. The van der Waals surface area contributed by atoms with E-state index in [1.807, 2.05) is 6.92 Å². The predicted molar refractivity (Wildman–Crippen MR) is 55.0 cm³/mol. The maximum Gasteiger partial charge on any atom is 0.343 e. The first-order chi connectivity index (χ1) is 6.70. The highest BCUT2D eigenvalue weighted by Crippen LogP contribution is 2.08. The second-order valence-corrected chi connectivity index (χ2v) is 3.41. The normalized spacial score (nSPS) is 13.1. The smallest absolute Gasteiger partial charge is 0.321 e. The molecule has 5 nitrogen and oxygen atoms in total. The lowest BCUT2D eigenvalue weighted by molar-refractivity contribution is 0.541. The summed E-state index contributed by atoms with van der Waals surface area (Å²) in [5, 5.41) is 6.38. The van der Waals surface area contributed by atoms with Crippen molar-refractivity contribution in [3.8, 4) is 0 Å². The van der Waals surface area contributed by atoms with Crippen LogP contribution in [0.1, 0.15) is 45.0 Å². The van der Waals surface area contributed by atoms with Gasteiger partial charge in [-0.25, -0.2) is 9.89 Å². The number of aromatic amines is 1. The third-order valence-corrected chi connectivity index (χ3v) is 2.29. The summed E-state index contributed by atoms with van der Waals surface area (Å²) in [4.78, 5) is 11.4. The largest absolute Gasteiger partial charge is 0.343 e. The molecule has 1 aromatic heterocycles. The summed E-state index contributed by atoms with van der Waals surface area (Å²) < 4.78 is 1.64. The van der Waals surface area contributed by atoms with Crippen LogP contribution in [0, 0.1) is 0 Å². The van der Waals surface area contributed by atoms with Gasteiger partial charge in [0.15, 0.2) is 0 Å². The molecule has 0 aliphatic heterocycles. The van der Waals surface area contributed by atoms with E-state index < -0.39 is 0 Å². The number of hydrogen-bond donors (Lipinski definition) is 2. The molecule has 1 heterocycles. The highest BCUT2D eigenvalue weighted by molar-refractivity contribution is 4.93. The summed E-state index contributed by atoms with van der Waals surface area (Å²) in [5.74, 6) is 0.672. The summed E-state index contributed by atoms with van der Waals surface area (Å²) in [6, 6.07) is -0.147. The standard InChI is InChI=1S/C9H18N4O/c1-3-5-6-13-8(7(10)4-2)11-12-9(13)14/h7H,3-6,10H2,1-2H3,(H,12,14). The van der Waals surface area contributed by atoms with E-state index in [0.717, 1.165) is 19.3 Å². The molecule has 0 aliphatic rings. The average Bonchev–Trinajstić information content (AvgIpc) is 2.56. The Balaban J connectivity index is 2.88. The maximum atomic E-state index is 11.4. The van der Waals surface area contributed by atoms with Crippen LogP contribution in [0.5, 0.6) is 0 Å². The number of nitrogens with zero attached hydrogens (tertiary/aromatic N) is 2. The third-order valence-electron chi connectivity index (χ3n) is 2.29. The van der Waals surface area contributed by atoms with E-state index >= 15 is 0 Å². The molecular formula is C9H18N4O. The topological polar surface area (TPSA) is 76.7 Å². The molecule has 1 rings (SSSR count). The van der Waals surface area contributed by atoms with Gasteiger partial charge in [-0.15, -0.1) is 0 Å². The number of H-pyrrole nitrogens is 1. The molecule has 0 fully saturated rings. The summed E-state index contributed by atoms with van der Waals surface area (Å²) in [6.07, 6.45) is 2.82. The van der Waals surface area contributed by atoms with Crippen molar-refractivity contribution >= 4 is 0 Å². The van der Waals surface area contributed by atoms with Gasteiger partial charge in [0, 0.05) is 6.54 Å². The second kappa shape index (κ2) is 4.95. The molecule has 14 heavy (non-hydrogen) atoms. The monoisotopic (exact) mass is 198 g/mol. The maximum absolute atomic E-state index is 11.4. The van der Waals surface area contributed by atoms with Crippen LogP contribution in [-0.4, -0.2) is 14.8 Å². The highest BCUT2D eigenvalue weighted by atomic mass is 16.1. The molecule has 5 heteroatoms. The van der Waals surface area contributed by atoms with E-state index in [-0.39, 0.29) is 11.7 Å². The van der Waals surface area contributed by atoms with Crippen molar-refractivity contribution in [3.05, 3.63) is 16.3 Å². The molecule has 0 spiro atoms. The Morgan fingerprint density at radius 2 is 2.29 bits per heavy atom. The molecule has 1 atom stereocenters. The number of unbranched alkanes of at least 4 members (excludes halogenated alkanes) is 1. The first-order valence-corrected chi connectivity index (χ1v) is 5.11. The van der Waals surface area contributed by atoms with Gasteiger partial charge in [-0.05, 0) is 12.8 Å². The SMILES string of the molecule is CCCCn1c(C(N)CC)n[nH]c1=O. The van der Waals surface area contributed by atoms with Crippen LogP contribution in [0.25, 0.3) is 0 Å². The van der Waals surface area contributed by atoms with E-state index in [4.69, 9.17) is 5.73 Å². The van der Waals surface area contributed by atoms with Crippen LogP contribution in [0.3, 0.4) is 0 Å². The Morgan fingerprint density at radius 1 is 1.57 bits per heavy atom. The molecule has 0 radical (unpaired) electrons. The number of nitrogens with two attached hydrogens (primary N) is 1. The van der Waals surface area contributed by atoms with Gasteiger partial charge in [0.2, 0.25) is 0 Å². The van der Waals surface area contributed by atoms with Gasteiger partial charge in [0.25, 0.3) is 0 Å². The van der Waals surface area contributed by atoms with Gasteiger partial charge in [0.1, 0.15) is 5.82 Å². The molecule has 80 valence electrons. The minimum absolute atomic E-state index is 0.147. The predicted octanol–water partition coefficient (Wildman–Crippen LogP) is 0.781. The van der Waals surface area contributed by atoms with E-state index in [1.165, 1.54) is 0 Å². The molecule has 0 aromatic carbocycles. The Kier molecular flexibility index (Phi) is 3.88. The van der Waals surface area contributed by atoms with Crippen molar-refractivity contribution in [2.75, 3.05) is 0 Å². The van der Waals surface area contributed by atoms with Gasteiger partial charge in [-0.1, -0.05) is 20.3 Å². The average molecular weight is 198 g/mol. The van der Waals surface area contributed by atoms with Crippen LogP contribution in [-0.2, 0) is 6.54 Å². The minimum atomic E-state index is -0.155. The molecule has 0 aliphatic carbocycles. The first kappa shape index (κ1) is 11.0. The van der Waals surface area contributed by atoms with Crippen molar-refractivity contribution in [2.24, 2.45) is 5.73 Å². The minimum Gasteiger partial charge on any atom is -0.321 e. The van der Waals surface area contributed by atoms with Gasteiger partial charge in [-0.3, -0.25) is 4.57 Å².